The molecule has 0 aliphatic carbocycles. The van der Waals surface area contributed by atoms with E-state index < -0.39 is 11.4 Å². The summed E-state index contributed by atoms with van der Waals surface area (Å²) in [5.41, 5.74) is -0.429. The van der Waals surface area contributed by atoms with E-state index in [-0.39, 0.29) is 5.88 Å². The summed E-state index contributed by atoms with van der Waals surface area (Å²) in [5.74, 6) is -0.417. The number of hydrogen-bond acceptors (Lipinski definition) is 2. The number of halogens is 2. The van der Waals surface area contributed by atoms with Gasteiger partial charge in [-0.2, -0.15) is 0 Å². The molecule has 1 heterocycles. The molecule has 0 aliphatic heterocycles. The normalized spacial score (nSPS) is 11.5. The second kappa shape index (κ2) is 3.62. The Morgan fingerprint density at radius 1 is 1.46 bits per heavy atom. The van der Waals surface area contributed by atoms with Gasteiger partial charge in [-0.3, -0.25) is 0 Å². The van der Waals surface area contributed by atoms with Gasteiger partial charge in [-0.25, -0.2) is 9.37 Å². The van der Waals surface area contributed by atoms with Gasteiger partial charge < -0.3 is 4.74 Å². The summed E-state index contributed by atoms with van der Waals surface area (Å²) in [5, 5.41) is 0. The Morgan fingerprint density at radius 2 is 2.08 bits per heavy atom. The number of hydrogen-bond donors (Lipinski definition) is 0. The smallest absolute Gasteiger partial charge is 0.250 e. The van der Waals surface area contributed by atoms with Crippen molar-refractivity contribution in [3.05, 3.63) is 22.6 Å². The lowest BCUT2D eigenvalue weighted by atomic mass is 10.2. The number of nitrogens with zero attached hydrogens (tertiary/aromatic N) is 1. The van der Waals surface area contributed by atoms with Crippen LogP contribution in [0.3, 0.4) is 0 Å². The summed E-state index contributed by atoms with van der Waals surface area (Å²) in [4.78, 5) is 3.82. The molecule has 13 heavy (non-hydrogen) atoms. The molecule has 0 aromatic carbocycles. The maximum absolute atomic E-state index is 13.2. The van der Waals surface area contributed by atoms with Crippen LogP contribution in [0.1, 0.15) is 20.8 Å². The zero-order valence-electron chi connectivity index (χ0n) is 7.77. The van der Waals surface area contributed by atoms with Crippen molar-refractivity contribution in [2.24, 2.45) is 0 Å². The van der Waals surface area contributed by atoms with Gasteiger partial charge in [0.05, 0.1) is 0 Å². The van der Waals surface area contributed by atoms with Crippen LogP contribution in [-0.2, 0) is 0 Å². The highest BCUT2D eigenvalue weighted by molar-refractivity contribution is 9.10. The average molecular weight is 248 g/mol. The Kier molecular flexibility index (Phi) is 2.91. The lowest BCUT2D eigenvalue weighted by Gasteiger charge is -2.20. The second-order valence-electron chi connectivity index (χ2n) is 3.65. The number of pyridine rings is 1. The zero-order chi connectivity index (χ0) is 10.1. The fourth-order valence-corrected chi connectivity index (χ4v) is 1.07. The summed E-state index contributed by atoms with van der Waals surface area (Å²) in [6, 6.07) is 1.33. The van der Waals surface area contributed by atoms with E-state index in [0.717, 1.165) is 0 Å². The molecule has 1 rings (SSSR count). The maximum atomic E-state index is 13.2. The minimum absolute atomic E-state index is 0.0377. The average Bonchev–Trinajstić information content (AvgIpc) is 1.93. The van der Waals surface area contributed by atoms with Gasteiger partial charge in [0.2, 0.25) is 0 Å². The van der Waals surface area contributed by atoms with Crippen molar-refractivity contribution in [3.8, 4) is 5.88 Å². The third-order valence-electron chi connectivity index (χ3n) is 1.18. The Bertz CT molecular complexity index is 309. The topological polar surface area (TPSA) is 22.1 Å². The van der Waals surface area contributed by atoms with E-state index in [1.165, 1.54) is 12.3 Å². The molecule has 0 radical (unpaired) electrons. The van der Waals surface area contributed by atoms with E-state index in [4.69, 9.17) is 4.74 Å². The van der Waals surface area contributed by atoms with Crippen molar-refractivity contribution in [2.75, 3.05) is 0 Å². The zero-order valence-corrected chi connectivity index (χ0v) is 9.35. The van der Waals surface area contributed by atoms with Crippen LogP contribution in [0.2, 0.25) is 0 Å². The first-order valence-corrected chi connectivity index (χ1v) is 4.68. The van der Waals surface area contributed by atoms with Crippen LogP contribution < -0.4 is 4.74 Å². The van der Waals surface area contributed by atoms with Crippen LogP contribution in [0.5, 0.6) is 5.88 Å². The number of ether oxygens (including phenoxy) is 1. The van der Waals surface area contributed by atoms with E-state index in [2.05, 4.69) is 20.9 Å². The molecular formula is C9H11BrFNO. The van der Waals surface area contributed by atoms with E-state index in [1.54, 1.807) is 0 Å². The van der Waals surface area contributed by atoms with Crippen LogP contribution in [0.4, 0.5) is 4.39 Å². The molecule has 4 heteroatoms. The fourth-order valence-electron chi connectivity index (χ4n) is 0.767. The van der Waals surface area contributed by atoms with Gasteiger partial charge >= 0.3 is 0 Å². The first-order chi connectivity index (χ1) is 5.88. The van der Waals surface area contributed by atoms with Gasteiger partial charge in [0, 0.05) is 10.7 Å². The standard InChI is InChI=1S/C9H11BrFNO/c1-9(2,3)13-8-7(11)4-6(10)5-12-8/h4-5H,1-3H3. The Labute approximate surface area is 85.3 Å². The van der Waals surface area contributed by atoms with E-state index >= 15 is 0 Å². The second-order valence-corrected chi connectivity index (χ2v) is 4.57. The molecule has 0 N–H and O–H groups in total. The Balaban J connectivity index is 2.90. The molecule has 1 aromatic rings. The van der Waals surface area contributed by atoms with Crippen molar-refractivity contribution in [2.45, 2.75) is 26.4 Å². The summed E-state index contributed by atoms with van der Waals surface area (Å²) < 4.78 is 19.0. The molecule has 0 saturated heterocycles. The summed E-state index contributed by atoms with van der Waals surface area (Å²) in [6.45, 7) is 5.53. The molecule has 0 aliphatic rings. The number of aromatic nitrogens is 1. The van der Waals surface area contributed by atoms with Gasteiger partial charge in [0.15, 0.2) is 5.82 Å². The summed E-state index contributed by atoms with van der Waals surface area (Å²) in [7, 11) is 0. The lowest BCUT2D eigenvalue weighted by molar-refractivity contribution is 0.117. The Hall–Kier alpha value is -0.640. The van der Waals surface area contributed by atoms with Crippen molar-refractivity contribution >= 4 is 15.9 Å². The van der Waals surface area contributed by atoms with Crippen molar-refractivity contribution < 1.29 is 9.13 Å². The van der Waals surface area contributed by atoms with Gasteiger partial charge in [0.25, 0.3) is 5.88 Å². The van der Waals surface area contributed by atoms with Crippen molar-refractivity contribution in [3.63, 3.8) is 0 Å². The molecular weight excluding hydrogens is 237 g/mol. The van der Waals surface area contributed by atoms with Crippen LogP contribution in [0, 0.1) is 5.82 Å². The van der Waals surface area contributed by atoms with E-state index in [9.17, 15) is 4.39 Å². The lowest BCUT2D eigenvalue weighted by Crippen LogP contribution is -2.24. The third kappa shape index (κ3) is 3.30. The monoisotopic (exact) mass is 247 g/mol. The molecule has 0 saturated carbocycles. The first-order valence-electron chi connectivity index (χ1n) is 3.88. The van der Waals surface area contributed by atoms with Gasteiger partial charge in [-0.1, -0.05) is 0 Å². The minimum Gasteiger partial charge on any atom is -0.470 e. The van der Waals surface area contributed by atoms with Crippen LogP contribution in [0.15, 0.2) is 16.7 Å². The van der Waals surface area contributed by atoms with Gasteiger partial charge in [0.1, 0.15) is 5.60 Å². The molecule has 2 nitrogen and oxygen atoms in total. The van der Waals surface area contributed by atoms with Crippen LogP contribution in [0.25, 0.3) is 0 Å². The third-order valence-corrected chi connectivity index (χ3v) is 1.61. The molecule has 72 valence electrons. The summed E-state index contributed by atoms with van der Waals surface area (Å²) in [6.07, 6.45) is 1.50. The summed E-state index contributed by atoms with van der Waals surface area (Å²) >= 11 is 3.12. The highest BCUT2D eigenvalue weighted by Crippen LogP contribution is 2.21. The van der Waals surface area contributed by atoms with Crippen LogP contribution >= 0.6 is 15.9 Å². The SMILES string of the molecule is CC(C)(C)Oc1ncc(Br)cc1F. The van der Waals surface area contributed by atoms with Crippen molar-refractivity contribution in [1.29, 1.82) is 0 Å². The molecule has 1 aromatic heterocycles. The molecule has 0 atom stereocenters. The van der Waals surface area contributed by atoms with E-state index in [0.29, 0.717) is 4.47 Å². The van der Waals surface area contributed by atoms with Gasteiger partial charge in [-0.15, -0.1) is 0 Å². The van der Waals surface area contributed by atoms with Crippen molar-refractivity contribution in [1.82, 2.24) is 4.98 Å². The molecule has 0 spiro atoms. The number of rotatable bonds is 1. The predicted octanol–water partition coefficient (Wildman–Crippen LogP) is 3.16. The fraction of sp³-hybridized carbons (Fsp3) is 0.444. The van der Waals surface area contributed by atoms with E-state index in [1.807, 2.05) is 20.8 Å². The molecule has 0 unspecified atom stereocenters. The van der Waals surface area contributed by atoms with Crippen LogP contribution in [-0.4, -0.2) is 10.6 Å². The highest BCUT2D eigenvalue weighted by atomic mass is 79.9. The largest absolute Gasteiger partial charge is 0.470 e. The molecule has 0 fully saturated rings. The first kappa shape index (κ1) is 10.4. The molecule has 0 amide bonds. The highest BCUT2D eigenvalue weighted by Gasteiger charge is 2.15. The quantitative estimate of drug-likeness (QED) is 0.761. The molecule has 0 bridgehead atoms. The Morgan fingerprint density at radius 3 is 2.54 bits per heavy atom. The predicted molar refractivity (Wildman–Crippen MR) is 52.3 cm³/mol. The van der Waals surface area contributed by atoms with Gasteiger partial charge in [-0.05, 0) is 42.8 Å². The minimum atomic E-state index is -0.454. The maximum Gasteiger partial charge on any atom is 0.250 e.